The molecule has 100 valence electrons. The predicted octanol–water partition coefficient (Wildman–Crippen LogP) is 2.99. The van der Waals surface area contributed by atoms with Crippen molar-refractivity contribution in [1.82, 2.24) is 10.3 Å². The third-order valence-electron chi connectivity index (χ3n) is 3.65. The monoisotopic (exact) mass is 247 g/mol. The van der Waals surface area contributed by atoms with Crippen molar-refractivity contribution in [2.75, 3.05) is 24.5 Å². The average molecular weight is 247 g/mol. The number of hydrogen-bond acceptors (Lipinski definition) is 3. The maximum absolute atomic E-state index is 4.62. The number of rotatable bonds is 7. The van der Waals surface area contributed by atoms with E-state index in [1.807, 2.05) is 12.3 Å². The largest absolute Gasteiger partial charge is 0.356 e. The minimum absolute atomic E-state index is 0.368. The Morgan fingerprint density at radius 1 is 1.44 bits per heavy atom. The smallest absolute Gasteiger partial charge is 0.133 e. The number of hydrogen-bond donors (Lipinski definition) is 1. The second-order valence-electron chi connectivity index (χ2n) is 5.18. The molecule has 1 N–H and O–H groups in total. The van der Waals surface area contributed by atoms with E-state index in [2.05, 4.69) is 42.0 Å². The lowest BCUT2D eigenvalue weighted by Gasteiger charge is -2.26. The molecule has 0 spiro atoms. The molecule has 1 heterocycles. The summed E-state index contributed by atoms with van der Waals surface area (Å²) in [4.78, 5) is 7.05. The summed E-state index contributed by atoms with van der Waals surface area (Å²) in [5, 5.41) is 3.48. The number of nitrogens with zero attached hydrogens (tertiary/aromatic N) is 2. The summed E-state index contributed by atoms with van der Waals surface area (Å²) in [6.45, 7) is 9.78. The van der Waals surface area contributed by atoms with Crippen LogP contribution in [0.5, 0.6) is 0 Å². The van der Waals surface area contributed by atoms with Gasteiger partial charge in [-0.2, -0.15) is 0 Å². The van der Waals surface area contributed by atoms with Crippen LogP contribution in [-0.4, -0.2) is 24.6 Å². The van der Waals surface area contributed by atoms with Gasteiger partial charge in [0.2, 0.25) is 0 Å². The molecule has 1 aromatic rings. The van der Waals surface area contributed by atoms with E-state index in [4.69, 9.17) is 0 Å². The Morgan fingerprint density at radius 3 is 2.83 bits per heavy atom. The van der Waals surface area contributed by atoms with Crippen LogP contribution in [0.4, 0.5) is 5.82 Å². The molecule has 1 aliphatic rings. The van der Waals surface area contributed by atoms with Gasteiger partial charge in [-0.3, -0.25) is 0 Å². The first-order chi connectivity index (χ1) is 8.76. The minimum Gasteiger partial charge on any atom is -0.356 e. The maximum atomic E-state index is 4.62. The molecule has 1 fully saturated rings. The van der Waals surface area contributed by atoms with Gasteiger partial charge >= 0.3 is 0 Å². The molecule has 0 amide bonds. The fourth-order valence-corrected chi connectivity index (χ4v) is 2.41. The van der Waals surface area contributed by atoms with Gasteiger partial charge < -0.3 is 10.2 Å². The Balaban J connectivity index is 2.18. The van der Waals surface area contributed by atoms with E-state index in [1.54, 1.807) is 0 Å². The second-order valence-corrected chi connectivity index (χ2v) is 5.18. The number of nitrogens with one attached hydrogen (secondary N) is 1. The van der Waals surface area contributed by atoms with Crippen molar-refractivity contribution in [2.45, 2.75) is 39.7 Å². The molecule has 1 saturated carbocycles. The van der Waals surface area contributed by atoms with Crippen molar-refractivity contribution in [3.05, 3.63) is 23.9 Å². The fourth-order valence-electron chi connectivity index (χ4n) is 2.41. The van der Waals surface area contributed by atoms with Crippen LogP contribution in [0.3, 0.4) is 0 Å². The molecule has 2 rings (SSSR count). The molecule has 0 aromatic carbocycles. The van der Waals surface area contributed by atoms with Crippen molar-refractivity contribution in [3.8, 4) is 0 Å². The van der Waals surface area contributed by atoms with Crippen molar-refractivity contribution in [2.24, 2.45) is 5.92 Å². The van der Waals surface area contributed by atoms with Gasteiger partial charge in [-0.25, -0.2) is 4.98 Å². The standard InChI is InChI=1S/C15H25N3/c1-4-16-12(3)14-7-6-10-17-15(14)18(5-2)11-13-8-9-13/h6-7,10,12-13,16H,4-5,8-9,11H2,1-3H3. The second kappa shape index (κ2) is 6.19. The normalized spacial score (nSPS) is 16.6. The summed E-state index contributed by atoms with van der Waals surface area (Å²) in [6, 6.07) is 4.61. The summed E-state index contributed by atoms with van der Waals surface area (Å²) in [5.41, 5.74) is 1.32. The zero-order chi connectivity index (χ0) is 13.0. The first kappa shape index (κ1) is 13.3. The van der Waals surface area contributed by atoms with E-state index in [0.717, 1.165) is 19.0 Å². The van der Waals surface area contributed by atoms with Gasteiger partial charge in [0.1, 0.15) is 5.82 Å². The van der Waals surface area contributed by atoms with Crippen molar-refractivity contribution < 1.29 is 0 Å². The average Bonchev–Trinajstić information content (AvgIpc) is 3.20. The molecule has 3 nitrogen and oxygen atoms in total. The molecule has 18 heavy (non-hydrogen) atoms. The third kappa shape index (κ3) is 3.22. The summed E-state index contributed by atoms with van der Waals surface area (Å²) >= 11 is 0. The van der Waals surface area contributed by atoms with E-state index < -0.39 is 0 Å². The first-order valence-electron chi connectivity index (χ1n) is 7.19. The topological polar surface area (TPSA) is 28.2 Å². The zero-order valence-corrected chi connectivity index (χ0v) is 11.8. The van der Waals surface area contributed by atoms with Crippen molar-refractivity contribution in [3.63, 3.8) is 0 Å². The summed E-state index contributed by atoms with van der Waals surface area (Å²) in [6.07, 6.45) is 4.69. The Bertz CT molecular complexity index is 374. The van der Waals surface area contributed by atoms with E-state index in [-0.39, 0.29) is 0 Å². The number of anilines is 1. The van der Waals surface area contributed by atoms with Crippen LogP contribution < -0.4 is 10.2 Å². The zero-order valence-electron chi connectivity index (χ0n) is 11.8. The summed E-state index contributed by atoms with van der Waals surface area (Å²) in [7, 11) is 0. The molecule has 1 unspecified atom stereocenters. The van der Waals surface area contributed by atoms with E-state index in [0.29, 0.717) is 6.04 Å². The Labute approximate surface area is 111 Å². The molecule has 0 bridgehead atoms. The van der Waals surface area contributed by atoms with Crippen molar-refractivity contribution in [1.29, 1.82) is 0 Å². The van der Waals surface area contributed by atoms with Crippen LogP contribution >= 0.6 is 0 Å². The maximum Gasteiger partial charge on any atom is 0.133 e. The Kier molecular flexibility index (Phi) is 4.59. The molecule has 1 aromatic heterocycles. The molecule has 0 saturated heterocycles. The van der Waals surface area contributed by atoms with Gasteiger partial charge in [-0.05, 0) is 45.2 Å². The summed E-state index contributed by atoms with van der Waals surface area (Å²) < 4.78 is 0. The predicted molar refractivity (Wildman–Crippen MR) is 76.9 cm³/mol. The van der Waals surface area contributed by atoms with Crippen LogP contribution in [0.1, 0.15) is 45.2 Å². The van der Waals surface area contributed by atoms with Crippen LogP contribution in [0.15, 0.2) is 18.3 Å². The van der Waals surface area contributed by atoms with Gasteiger partial charge in [-0.15, -0.1) is 0 Å². The molecule has 1 atom stereocenters. The van der Waals surface area contributed by atoms with Crippen LogP contribution in [0.25, 0.3) is 0 Å². The van der Waals surface area contributed by atoms with Gasteiger partial charge in [0.15, 0.2) is 0 Å². The minimum atomic E-state index is 0.368. The molecule has 0 aliphatic heterocycles. The van der Waals surface area contributed by atoms with E-state index in [1.165, 1.54) is 30.8 Å². The molecular weight excluding hydrogens is 222 g/mol. The fraction of sp³-hybridized carbons (Fsp3) is 0.667. The lowest BCUT2D eigenvalue weighted by molar-refractivity contribution is 0.591. The van der Waals surface area contributed by atoms with Crippen LogP contribution in [0.2, 0.25) is 0 Å². The SMILES string of the molecule is CCNC(C)c1cccnc1N(CC)CC1CC1. The molecule has 3 heteroatoms. The lowest BCUT2D eigenvalue weighted by atomic mass is 10.1. The van der Waals surface area contributed by atoms with Gasteiger partial charge in [0.25, 0.3) is 0 Å². The molecule has 1 aliphatic carbocycles. The highest BCUT2D eigenvalue weighted by Gasteiger charge is 2.25. The van der Waals surface area contributed by atoms with Gasteiger partial charge in [-0.1, -0.05) is 13.0 Å². The Hall–Kier alpha value is -1.09. The first-order valence-corrected chi connectivity index (χ1v) is 7.19. The van der Waals surface area contributed by atoms with Gasteiger partial charge in [0.05, 0.1) is 0 Å². The number of pyridine rings is 1. The molecule has 0 radical (unpaired) electrons. The quantitative estimate of drug-likeness (QED) is 0.803. The van der Waals surface area contributed by atoms with Crippen LogP contribution in [-0.2, 0) is 0 Å². The van der Waals surface area contributed by atoms with E-state index >= 15 is 0 Å². The Morgan fingerprint density at radius 2 is 2.22 bits per heavy atom. The lowest BCUT2D eigenvalue weighted by Crippen LogP contribution is -2.29. The third-order valence-corrected chi connectivity index (χ3v) is 3.65. The van der Waals surface area contributed by atoms with Gasteiger partial charge in [0, 0.05) is 30.9 Å². The summed E-state index contributed by atoms with van der Waals surface area (Å²) in [5.74, 6) is 2.06. The number of aromatic nitrogens is 1. The highest BCUT2D eigenvalue weighted by Crippen LogP contribution is 2.32. The molecular formula is C15H25N3. The van der Waals surface area contributed by atoms with Crippen molar-refractivity contribution >= 4 is 5.82 Å². The highest BCUT2D eigenvalue weighted by atomic mass is 15.2. The van der Waals surface area contributed by atoms with Crippen LogP contribution in [0, 0.1) is 5.92 Å². The highest BCUT2D eigenvalue weighted by molar-refractivity contribution is 5.48. The van der Waals surface area contributed by atoms with E-state index in [9.17, 15) is 0 Å².